The lowest BCUT2D eigenvalue weighted by Gasteiger charge is -2.21. The number of carbonyl (C=O) groups is 3. The third-order valence-electron chi connectivity index (χ3n) is 5.55. The molecule has 3 rings (SSSR count). The minimum atomic E-state index is -4.59. The van der Waals surface area contributed by atoms with Crippen molar-refractivity contribution in [1.82, 2.24) is 14.5 Å². The highest BCUT2D eigenvalue weighted by Gasteiger charge is 2.35. The lowest BCUT2D eigenvalue weighted by molar-refractivity contribution is -0.152. The van der Waals surface area contributed by atoms with Gasteiger partial charge in [-0.2, -0.15) is 13.2 Å². The normalized spacial score (nSPS) is 15.3. The highest BCUT2D eigenvalue weighted by molar-refractivity contribution is 6.37. The quantitative estimate of drug-likeness (QED) is 0.470. The van der Waals surface area contributed by atoms with Crippen molar-refractivity contribution in [3.8, 4) is 0 Å². The first-order chi connectivity index (χ1) is 15.7. The van der Waals surface area contributed by atoms with E-state index in [1.807, 2.05) is 0 Å². The zero-order valence-electron chi connectivity index (χ0n) is 18.1. The molecule has 0 spiro atoms. The van der Waals surface area contributed by atoms with E-state index in [-0.39, 0.29) is 30.4 Å². The van der Waals surface area contributed by atoms with Crippen LogP contribution < -0.4 is 5.32 Å². The van der Waals surface area contributed by atoms with E-state index in [0.717, 1.165) is 38.2 Å². The van der Waals surface area contributed by atoms with Crippen molar-refractivity contribution < 1.29 is 32.3 Å². The molecular weight excluding hydrogens is 441 g/mol. The molecule has 2 heterocycles. The van der Waals surface area contributed by atoms with Gasteiger partial charge in [0, 0.05) is 11.9 Å². The summed E-state index contributed by atoms with van der Waals surface area (Å²) in [5, 5.41) is 2.34. The summed E-state index contributed by atoms with van der Waals surface area (Å²) in [6.07, 6.45) is 2.97. The minimum absolute atomic E-state index is 0.0644. The predicted octanol–water partition coefficient (Wildman–Crippen LogP) is 3.73. The Morgan fingerprint density at radius 2 is 1.94 bits per heavy atom. The van der Waals surface area contributed by atoms with Crippen molar-refractivity contribution in [2.75, 3.05) is 11.9 Å². The summed E-state index contributed by atoms with van der Waals surface area (Å²) in [6, 6.07) is 2.22. The van der Waals surface area contributed by atoms with Gasteiger partial charge in [0.1, 0.15) is 0 Å². The van der Waals surface area contributed by atoms with Crippen molar-refractivity contribution in [3.05, 3.63) is 42.2 Å². The van der Waals surface area contributed by atoms with Gasteiger partial charge in [0.2, 0.25) is 0 Å². The van der Waals surface area contributed by atoms with Crippen LogP contribution in [0.1, 0.15) is 56.5 Å². The van der Waals surface area contributed by atoms with E-state index in [4.69, 9.17) is 0 Å². The van der Waals surface area contributed by atoms with E-state index >= 15 is 0 Å². The number of aromatic nitrogens is 3. The van der Waals surface area contributed by atoms with Crippen LogP contribution in [0.2, 0.25) is 0 Å². The van der Waals surface area contributed by atoms with Gasteiger partial charge in [-0.15, -0.1) is 0 Å². The summed E-state index contributed by atoms with van der Waals surface area (Å²) in [6.45, 7) is 1.64. The van der Waals surface area contributed by atoms with E-state index in [0.29, 0.717) is 12.1 Å². The molecule has 1 amide bonds. The lowest BCUT2D eigenvalue weighted by atomic mass is 9.94. The van der Waals surface area contributed by atoms with Crippen molar-refractivity contribution in [2.24, 2.45) is 5.92 Å². The van der Waals surface area contributed by atoms with Gasteiger partial charge in [0.15, 0.2) is 11.5 Å². The molecule has 0 saturated heterocycles. The Labute approximate surface area is 188 Å². The number of nitrogens with one attached hydrogen (secondary N) is 1. The topological polar surface area (TPSA) is 103 Å². The Bertz CT molecular complexity index is 982. The molecule has 1 fully saturated rings. The first-order valence-electron chi connectivity index (χ1n) is 10.7. The molecule has 0 radical (unpaired) electrons. The van der Waals surface area contributed by atoms with E-state index in [1.54, 1.807) is 6.92 Å². The van der Waals surface area contributed by atoms with Crippen molar-refractivity contribution in [1.29, 1.82) is 0 Å². The maximum Gasteiger partial charge on any atom is 0.434 e. The van der Waals surface area contributed by atoms with Crippen LogP contribution in [0.5, 0.6) is 0 Å². The fourth-order valence-electron chi connectivity index (χ4n) is 3.91. The third-order valence-corrected chi connectivity index (χ3v) is 5.55. The average Bonchev–Trinajstić information content (AvgIpc) is 3.45. The van der Waals surface area contributed by atoms with Crippen LogP contribution in [0.3, 0.4) is 0 Å². The predicted molar refractivity (Wildman–Crippen MR) is 111 cm³/mol. The largest absolute Gasteiger partial charge is 0.459 e. The van der Waals surface area contributed by atoms with Crippen molar-refractivity contribution in [2.45, 2.75) is 57.7 Å². The molecule has 0 aromatic carbocycles. The van der Waals surface area contributed by atoms with Crippen molar-refractivity contribution in [3.63, 3.8) is 0 Å². The summed E-state index contributed by atoms with van der Waals surface area (Å²) in [5.74, 6) is -1.97. The highest BCUT2D eigenvalue weighted by atomic mass is 19.4. The summed E-state index contributed by atoms with van der Waals surface area (Å²) >= 11 is 0. The Morgan fingerprint density at radius 1 is 1.21 bits per heavy atom. The first kappa shape index (κ1) is 24.4. The molecule has 0 unspecified atom stereocenters. The Balaban J connectivity index is 1.70. The second-order valence-corrected chi connectivity index (χ2v) is 7.96. The molecule has 8 nitrogen and oxygen atoms in total. The zero-order chi connectivity index (χ0) is 24.0. The van der Waals surface area contributed by atoms with E-state index in [2.05, 4.69) is 20.0 Å². The first-order valence-corrected chi connectivity index (χ1v) is 10.7. The number of imidazole rings is 1. The Hall–Kier alpha value is -3.24. The summed E-state index contributed by atoms with van der Waals surface area (Å²) < 4.78 is 44.9. The number of halogens is 3. The molecule has 33 heavy (non-hydrogen) atoms. The van der Waals surface area contributed by atoms with Crippen LogP contribution in [0, 0.1) is 5.92 Å². The Morgan fingerprint density at radius 3 is 2.52 bits per heavy atom. The van der Waals surface area contributed by atoms with Gasteiger partial charge in [-0.1, -0.05) is 25.7 Å². The lowest BCUT2D eigenvalue weighted by Crippen LogP contribution is -2.25. The van der Waals surface area contributed by atoms with E-state index in [1.165, 1.54) is 22.9 Å². The molecule has 0 aliphatic heterocycles. The summed E-state index contributed by atoms with van der Waals surface area (Å²) in [4.78, 5) is 43.7. The second kappa shape index (κ2) is 10.6. The Kier molecular flexibility index (Phi) is 7.83. The van der Waals surface area contributed by atoms with E-state index in [9.17, 15) is 27.6 Å². The van der Waals surface area contributed by atoms with Gasteiger partial charge in [-0.3, -0.25) is 14.6 Å². The van der Waals surface area contributed by atoms with Crippen molar-refractivity contribution >= 4 is 23.3 Å². The fourth-order valence-corrected chi connectivity index (χ4v) is 3.91. The van der Waals surface area contributed by atoms with Gasteiger partial charge in [0.05, 0.1) is 37.3 Å². The molecule has 0 bridgehead atoms. The number of alkyl halides is 3. The molecule has 1 aliphatic rings. The van der Waals surface area contributed by atoms with Gasteiger partial charge >= 0.3 is 18.1 Å². The fraction of sp³-hybridized carbons (Fsp3) is 0.500. The summed E-state index contributed by atoms with van der Waals surface area (Å²) in [7, 11) is 0. The number of rotatable bonds is 8. The number of hydrogen-bond acceptors (Lipinski definition) is 6. The maximum atomic E-state index is 13.1. The van der Waals surface area contributed by atoms with Gasteiger partial charge < -0.3 is 14.6 Å². The number of carbonyl (C=O) groups excluding carboxylic acids is 3. The standard InChI is InChI=1S/C22H25F3N4O4/c1-2-33-21(32)20(31)28-16-8-7-15(26-11-16)10-18(30)17(9-14-5-3-4-6-14)29-12-19(27-13-29)22(23,24)25/h7-8,11-14,17H,2-6,9-10H2,1H3,(H,28,31)/t17-/m0/s1. The highest BCUT2D eigenvalue weighted by Crippen LogP contribution is 2.34. The third kappa shape index (κ3) is 6.62. The SMILES string of the molecule is CCOC(=O)C(=O)Nc1ccc(CC(=O)[C@H](CC2CCCC2)n2cnc(C(F)(F)F)c2)nc1. The number of pyridine rings is 1. The number of hydrogen-bond donors (Lipinski definition) is 1. The molecule has 1 saturated carbocycles. The number of anilines is 1. The molecule has 2 aromatic rings. The summed E-state index contributed by atoms with van der Waals surface area (Å²) in [5.41, 5.74) is -0.399. The van der Waals surface area contributed by atoms with Crippen LogP contribution in [0.25, 0.3) is 0 Å². The maximum absolute atomic E-state index is 13.1. The van der Waals surface area contributed by atoms with Gasteiger partial charge in [-0.25, -0.2) is 9.78 Å². The monoisotopic (exact) mass is 466 g/mol. The van der Waals surface area contributed by atoms with Crippen LogP contribution in [0.4, 0.5) is 18.9 Å². The number of amides is 1. The van der Waals surface area contributed by atoms with Crippen LogP contribution in [0.15, 0.2) is 30.9 Å². The number of esters is 1. The number of ether oxygens (including phenoxy) is 1. The average molecular weight is 466 g/mol. The zero-order valence-corrected chi connectivity index (χ0v) is 18.1. The number of nitrogens with zero attached hydrogens (tertiary/aromatic N) is 3. The molecule has 2 aromatic heterocycles. The van der Waals surface area contributed by atoms with Gasteiger partial charge in [0.25, 0.3) is 0 Å². The van der Waals surface area contributed by atoms with Crippen LogP contribution in [-0.2, 0) is 31.7 Å². The van der Waals surface area contributed by atoms with Crippen LogP contribution in [-0.4, -0.2) is 38.8 Å². The number of Topliss-reactive ketones (excluding diaryl/α,β-unsaturated/α-hetero) is 1. The molecule has 1 aliphatic carbocycles. The van der Waals surface area contributed by atoms with Gasteiger partial charge in [-0.05, 0) is 31.4 Å². The van der Waals surface area contributed by atoms with Crippen LogP contribution >= 0.6 is 0 Å². The molecule has 11 heteroatoms. The number of ketones is 1. The molecular formula is C22H25F3N4O4. The second-order valence-electron chi connectivity index (χ2n) is 7.96. The smallest absolute Gasteiger partial charge is 0.434 e. The molecule has 178 valence electrons. The molecule has 1 N–H and O–H groups in total. The van der Waals surface area contributed by atoms with E-state index < -0.39 is 29.8 Å². The minimum Gasteiger partial charge on any atom is -0.459 e. The molecule has 1 atom stereocenters.